The van der Waals surface area contributed by atoms with Crippen molar-refractivity contribution >= 4 is 57.3 Å². The molecule has 24 heteroatoms. The van der Waals surface area contributed by atoms with E-state index in [1.54, 1.807) is 0 Å². The number of imidazole rings is 2. The van der Waals surface area contributed by atoms with E-state index < -0.39 is 91.1 Å². The van der Waals surface area contributed by atoms with E-state index in [2.05, 4.69) is 24.9 Å². The zero-order valence-corrected chi connectivity index (χ0v) is 23.8. The van der Waals surface area contributed by atoms with Gasteiger partial charge in [-0.15, -0.1) is 0 Å². The lowest BCUT2D eigenvalue weighted by Gasteiger charge is -2.30. The van der Waals surface area contributed by atoms with E-state index in [4.69, 9.17) is 39.0 Å². The number of aliphatic imine (C=N–C) groups is 1. The van der Waals surface area contributed by atoms with Gasteiger partial charge >= 0.3 is 7.82 Å². The average molecular weight is 674 g/mol. The predicted molar refractivity (Wildman–Crippen MR) is 149 cm³/mol. The predicted octanol–water partition coefficient (Wildman–Crippen LogP) is -0.258. The van der Waals surface area contributed by atoms with Crippen LogP contribution in [0.5, 0.6) is 0 Å². The van der Waals surface area contributed by atoms with Crippen molar-refractivity contribution in [3.8, 4) is 0 Å². The van der Waals surface area contributed by atoms with Crippen molar-refractivity contribution in [2.24, 2.45) is 10.7 Å². The van der Waals surface area contributed by atoms with Crippen molar-refractivity contribution in [1.82, 2.24) is 29.1 Å². The fraction of sp³-hybridized carbons (Fsp3) is 0.524. The van der Waals surface area contributed by atoms with Crippen LogP contribution in [0.2, 0.25) is 0 Å². The first-order valence-corrected chi connectivity index (χ1v) is 15.5. The molecule has 0 amide bonds. The summed E-state index contributed by atoms with van der Waals surface area (Å²) in [7, 11) is -10.3. The number of ether oxygens (including phenoxy) is 2. The van der Waals surface area contributed by atoms with Crippen LogP contribution < -0.4 is 11.5 Å². The van der Waals surface area contributed by atoms with E-state index >= 15 is 8.78 Å². The molecule has 0 saturated carbocycles. The second-order valence-electron chi connectivity index (χ2n) is 10.1. The molecule has 19 nitrogen and oxygen atoms in total. The van der Waals surface area contributed by atoms with E-state index in [-0.39, 0.29) is 40.7 Å². The number of hydrogen-bond donors (Lipinski definition) is 3. The molecule has 0 spiro atoms. The maximum atomic E-state index is 16.0. The number of nitrogens with zero attached hydrogens (tertiary/aromatic N) is 7. The fourth-order valence-electron chi connectivity index (χ4n) is 5.30. The third-order valence-electron chi connectivity index (χ3n) is 7.30. The normalized spacial score (nSPS) is 39.0. The molecule has 0 aliphatic carbocycles. The van der Waals surface area contributed by atoms with E-state index in [0.717, 1.165) is 17.2 Å². The van der Waals surface area contributed by atoms with Crippen LogP contribution in [-0.4, -0.2) is 103 Å². The lowest BCUT2D eigenvalue weighted by Crippen LogP contribution is -2.37. The van der Waals surface area contributed by atoms with E-state index in [1.807, 2.05) is 0 Å². The summed E-state index contributed by atoms with van der Waals surface area (Å²) in [6, 6.07) is 0. The second-order valence-corrected chi connectivity index (χ2v) is 12.4. The molecule has 7 heterocycles. The number of alkyl halides is 2. The van der Waals surface area contributed by atoms with Gasteiger partial charge in [-0.25, -0.2) is 38.3 Å². The maximum Gasteiger partial charge on any atom is 0.472 e. The van der Waals surface area contributed by atoms with Gasteiger partial charge in [0.05, 0.1) is 39.9 Å². The van der Waals surface area contributed by atoms with Crippen molar-refractivity contribution in [2.75, 3.05) is 18.9 Å². The number of halogens is 2. The molecule has 3 saturated heterocycles. The molecule has 5 N–H and O–H groups in total. The van der Waals surface area contributed by atoms with Crippen molar-refractivity contribution in [3.63, 3.8) is 0 Å². The minimum atomic E-state index is -5.09. The molecule has 4 aliphatic rings. The number of aromatic nitrogens is 6. The fourth-order valence-corrected chi connectivity index (χ4v) is 7.04. The van der Waals surface area contributed by atoms with Crippen molar-refractivity contribution < 1.29 is 55.2 Å². The number of phosphoric ester groups is 1. The van der Waals surface area contributed by atoms with E-state index in [0.29, 0.717) is 0 Å². The Balaban J connectivity index is 1.16. The Hall–Kier alpha value is -3.20. The molecule has 0 bridgehead atoms. The van der Waals surface area contributed by atoms with Gasteiger partial charge < -0.3 is 39.4 Å². The van der Waals surface area contributed by atoms with Gasteiger partial charge in [-0.3, -0.25) is 23.0 Å². The summed E-state index contributed by atoms with van der Waals surface area (Å²) >= 11 is 0. The summed E-state index contributed by atoms with van der Waals surface area (Å²) in [5, 5.41) is 0. The number of anilines is 1. The third kappa shape index (κ3) is 5.39. The summed E-state index contributed by atoms with van der Waals surface area (Å²) in [6.07, 6.45) is -10.1. The lowest BCUT2D eigenvalue weighted by atomic mass is 10.1. The first-order valence-electron chi connectivity index (χ1n) is 12.9. The molecule has 10 atom stereocenters. The number of nitrogen functional groups attached to an aromatic ring is 1. The number of ketones is 1. The zero-order chi connectivity index (χ0) is 31.8. The number of carbonyl (C=O) groups is 1. The highest BCUT2D eigenvalue weighted by Gasteiger charge is 2.54. The molecule has 242 valence electrons. The van der Waals surface area contributed by atoms with Crippen LogP contribution in [-0.2, 0) is 36.7 Å². The van der Waals surface area contributed by atoms with Crippen molar-refractivity contribution in [1.29, 1.82) is 0 Å². The van der Waals surface area contributed by atoms with Crippen molar-refractivity contribution in [2.45, 2.75) is 55.6 Å². The van der Waals surface area contributed by atoms with Crippen LogP contribution in [0, 0.1) is 0 Å². The van der Waals surface area contributed by atoms with Crippen LogP contribution in [0.15, 0.2) is 24.0 Å². The lowest BCUT2D eigenvalue weighted by molar-refractivity contribution is -0.0609. The molecule has 3 aromatic rings. The second kappa shape index (κ2) is 11.0. The molecule has 45 heavy (non-hydrogen) atoms. The quantitative estimate of drug-likeness (QED) is 0.234. The Bertz CT molecular complexity index is 1810. The number of phosphoric acid groups is 1. The highest BCUT2D eigenvalue weighted by atomic mass is 31.2. The Labute approximate surface area is 251 Å². The topological polar surface area (TPSA) is 253 Å². The summed E-state index contributed by atoms with van der Waals surface area (Å²) in [4.78, 5) is 43.0. The third-order valence-corrected chi connectivity index (χ3v) is 9.06. The number of carbonyl (C=O) groups excluding carboxylic acids is 1. The van der Waals surface area contributed by atoms with Crippen LogP contribution in [0.25, 0.3) is 11.2 Å². The Morgan fingerprint density at radius 2 is 1.58 bits per heavy atom. The SMILES string of the molecule is [BH3-]P1(=O)OC[C@H]2O[C@@H](n3cnc4c3N=C(N)CC4=O)[C@H](F)[C@@H]2OP(=O)(O)OCC2O[C@@H](n3cnc4c(N)ncnc43)[C@H](F)[C@@H]2O1. The Kier molecular flexibility index (Phi) is 7.42. The number of nitrogens with two attached hydrogens (primary N) is 2. The van der Waals surface area contributed by atoms with Crippen molar-refractivity contribution in [3.05, 3.63) is 24.7 Å². The smallest absolute Gasteiger partial charge is 0.387 e. The molecule has 0 aromatic carbocycles. The van der Waals surface area contributed by atoms with Crippen LogP contribution >= 0.6 is 15.3 Å². The Morgan fingerprint density at radius 3 is 2.31 bits per heavy atom. The maximum absolute atomic E-state index is 16.0. The molecule has 4 aliphatic heterocycles. The molecule has 3 fully saturated rings. The number of rotatable bonds is 2. The summed E-state index contributed by atoms with van der Waals surface area (Å²) in [5.74, 6) is -0.505. The number of Topliss-reactive ketones (excluding diaryl/α,β-unsaturated/α-hetero) is 1. The standard InChI is InChI=1S/C21H25BF2N9O10P2/c22-44(35)38-2-8-16(12(24)21(40-8)33-5-29-13-7(34)1-10(25)31-19(13)33)43-45(36,37)39-3-9-15(42-44)11(23)20(41-9)32-6-30-14-17(26)27-4-28-18(14)32/h4-6,8-9,11-12,15-16,20-21H,1-3H2,22H3,(H2,25,31)(H,36,37)(H2,26,27,28)/q-1/t8-,9?,11-,12-,15-,16-,20-,21-,44?/m1/s1. The van der Waals surface area contributed by atoms with Gasteiger partial charge in [-0.2, -0.15) is 0 Å². The number of fused-ring (bicyclic) bond motifs is 4. The monoisotopic (exact) mass is 674 g/mol. The zero-order valence-electron chi connectivity index (χ0n) is 22.0. The van der Waals surface area contributed by atoms with Gasteiger partial charge in [0.1, 0.15) is 49.6 Å². The summed E-state index contributed by atoms with van der Waals surface area (Å²) in [6.45, 7) is -1.42. The summed E-state index contributed by atoms with van der Waals surface area (Å²) in [5.41, 5.74) is 11.8. The highest BCUT2D eigenvalue weighted by Crippen LogP contribution is 2.54. The number of amidine groups is 1. The molecule has 3 aromatic heterocycles. The van der Waals surface area contributed by atoms with Gasteiger partial charge in [-0.05, 0) is 0 Å². The first kappa shape index (κ1) is 30.5. The highest BCUT2D eigenvalue weighted by molar-refractivity contribution is 7.79. The van der Waals surface area contributed by atoms with E-state index in [9.17, 15) is 18.8 Å². The van der Waals surface area contributed by atoms with Crippen LogP contribution in [0.3, 0.4) is 0 Å². The van der Waals surface area contributed by atoms with Gasteiger partial charge in [0.2, 0.25) is 0 Å². The largest absolute Gasteiger partial charge is 0.472 e. The number of hydrogen-bond acceptors (Lipinski definition) is 16. The van der Waals surface area contributed by atoms with Gasteiger partial charge in [0, 0.05) is 0 Å². The molecular weight excluding hydrogens is 649 g/mol. The minimum Gasteiger partial charge on any atom is -0.387 e. The molecule has 3 unspecified atom stereocenters. The van der Waals surface area contributed by atoms with Gasteiger partial charge in [0.15, 0.2) is 53.6 Å². The average Bonchev–Trinajstić information content (AvgIpc) is 3.72. The molecule has 0 radical (unpaired) electrons. The van der Waals surface area contributed by atoms with Crippen LogP contribution in [0.1, 0.15) is 29.4 Å². The molecule has 7 rings (SSSR count). The van der Waals surface area contributed by atoms with Gasteiger partial charge in [0.25, 0.3) is 0 Å². The van der Waals surface area contributed by atoms with Crippen LogP contribution in [0.4, 0.5) is 20.4 Å². The van der Waals surface area contributed by atoms with E-state index in [1.165, 1.54) is 10.9 Å². The Morgan fingerprint density at radius 1 is 0.933 bits per heavy atom. The first-order chi connectivity index (χ1) is 21.3. The minimum absolute atomic E-state index is 0.0280. The summed E-state index contributed by atoms with van der Waals surface area (Å²) < 4.78 is 94.0. The van der Waals surface area contributed by atoms with Gasteiger partial charge in [-0.1, -0.05) is 0 Å². The molecular formula is C21H25BF2N9O10P2-.